The molecule has 7 rings (SSSR count). The van der Waals surface area contributed by atoms with Gasteiger partial charge in [0.2, 0.25) is 5.91 Å². The van der Waals surface area contributed by atoms with E-state index in [-0.39, 0.29) is 5.91 Å². The van der Waals surface area contributed by atoms with E-state index in [1.54, 1.807) is 0 Å². The lowest BCUT2D eigenvalue weighted by molar-refractivity contribution is -0.124. The van der Waals surface area contributed by atoms with Crippen molar-refractivity contribution in [3.8, 4) is 0 Å². The van der Waals surface area contributed by atoms with Gasteiger partial charge >= 0.3 is 0 Å². The highest BCUT2D eigenvalue weighted by Crippen LogP contribution is 2.61. The van der Waals surface area contributed by atoms with E-state index >= 15 is 0 Å². The smallest absolute Gasteiger partial charge is 0.224 e. The van der Waals surface area contributed by atoms with Gasteiger partial charge in [-0.1, -0.05) is 24.3 Å². The molecule has 0 atom stereocenters. The van der Waals surface area contributed by atoms with Gasteiger partial charge in [0.1, 0.15) is 0 Å². The first-order chi connectivity index (χ1) is 12.7. The summed E-state index contributed by atoms with van der Waals surface area (Å²) in [6.07, 6.45) is 11.2. The first-order valence-corrected chi connectivity index (χ1v) is 10.5. The first-order valence-electron chi connectivity index (χ1n) is 10.5. The normalized spacial score (nSPS) is 33.8. The Morgan fingerprint density at radius 2 is 1.58 bits per heavy atom. The third-order valence-corrected chi connectivity index (χ3v) is 7.85. The highest BCUT2D eigenvalue weighted by atomic mass is 16.1. The molecule has 0 unspecified atom stereocenters. The molecule has 0 aromatic heterocycles. The van der Waals surface area contributed by atoms with E-state index in [1.807, 2.05) is 0 Å². The van der Waals surface area contributed by atoms with Crippen LogP contribution in [0.3, 0.4) is 0 Å². The van der Waals surface area contributed by atoms with E-state index in [0.717, 1.165) is 42.7 Å². The molecule has 1 amide bonds. The maximum atomic E-state index is 13.0. The molecule has 2 heteroatoms. The summed E-state index contributed by atoms with van der Waals surface area (Å²) in [4.78, 5) is 13.0. The van der Waals surface area contributed by atoms with E-state index in [0.29, 0.717) is 5.41 Å². The molecule has 0 radical (unpaired) electrons. The van der Waals surface area contributed by atoms with Crippen molar-refractivity contribution in [2.45, 2.75) is 57.8 Å². The second kappa shape index (κ2) is 5.34. The molecule has 0 saturated heterocycles. The SMILES string of the molecule is O=C(CC12CC3CC(CC(C3)C1)C2)Nc1ccc2c3c(cccc13)CC2. The Hall–Kier alpha value is -1.83. The van der Waals surface area contributed by atoms with Crippen molar-refractivity contribution in [2.75, 3.05) is 5.32 Å². The first kappa shape index (κ1) is 15.2. The summed E-state index contributed by atoms with van der Waals surface area (Å²) in [5.74, 6) is 2.97. The predicted molar refractivity (Wildman–Crippen MR) is 105 cm³/mol. The van der Waals surface area contributed by atoms with Gasteiger partial charge in [-0.3, -0.25) is 4.79 Å². The maximum absolute atomic E-state index is 13.0. The summed E-state index contributed by atoms with van der Waals surface area (Å²) >= 11 is 0. The lowest BCUT2D eigenvalue weighted by Crippen LogP contribution is -2.47. The quantitative estimate of drug-likeness (QED) is 0.784. The fourth-order valence-corrected chi connectivity index (χ4v) is 7.40. The van der Waals surface area contributed by atoms with Crippen molar-refractivity contribution in [1.29, 1.82) is 0 Å². The number of aryl methyl sites for hydroxylation is 2. The largest absolute Gasteiger partial charge is 0.325 e. The Bertz CT molecular complexity index is 866. The molecule has 0 spiro atoms. The van der Waals surface area contributed by atoms with Crippen LogP contribution in [0, 0.1) is 23.2 Å². The Kier molecular flexibility index (Phi) is 3.13. The molecule has 0 heterocycles. The fourth-order valence-electron chi connectivity index (χ4n) is 7.40. The molecule has 2 aromatic carbocycles. The summed E-state index contributed by atoms with van der Waals surface area (Å²) < 4.78 is 0. The Morgan fingerprint density at radius 3 is 2.27 bits per heavy atom. The lowest BCUT2D eigenvalue weighted by Gasteiger charge is -2.56. The summed E-state index contributed by atoms with van der Waals surface area (Å²) in [6.45, 7) is 0. The number of rotatable bonds is 3. The molecule has 1 N–H and O–H groups in total. The van der Waals surface area contributed by atoms with Gasteiger partial charge in [-0.05, 0) is 97.1 Å². The van der Waals surface area contributed by atoms with Gasteiger partial charge in [0.25, 0.3) is 0 Å². The minimum absolute atomic E-state index is 0.241. The van der Waals surface area contributed by atoms with Crippen molar-refractivity contribution >= 4 is 22.4 Å². The maximum Gasteiger partial charge on any atom is 0.224 e. The van der Waals surface area contributed by atoms with Gasteiger partial charge in [0.15, 0.2) is 0 Å². The Morgan fingerprint density at radius 1 is 0.923 bits per heavy atom. The van der Waals surface area contributed by atoms with E-state index in [9.17, 15) is 4.79 Å². The van der Waals surface area contributed by atoms with Crippen LogP contribution in [-0.4, -0.2) is 5.91 Å². The minimum Gasteiger partial charge on any atom is -0.325 e. The zero-order valence-electron chi connectivity index (χ0n) is 15.4. The van der Waals surface area contributed by atoms with Crippen LogP contribution in [0.2, 0.25) is 0 Å². The number of hydrogen-bond acceptors (Lipinski definition) is 1. The molecule has 26 heavy (non-hydrogen) atoms. The van der Waals surface area contributed by atoms with Crippen LogP contribution < -0.4 is 5.32 Å². The third-order valence-electron chi connectivity index (χ3n) is 7.85. The van der Waals surface area contributed by atoms with Gasteiger partial charge in [-0.15, -0.1) is 0 Å². The molecule has 4 fully saturated rings. The number of anilines is 1. The standard InChI is InChI=1S/C24H27NO/c26-22(14-24-11-15-8-16(12-24)10-17(9-15)13-24)25-21-7-6-19-5-4-18-2-1-3-20(21)23(18)19/h1-3,6-7,15-17H,4-5,8-14H2,(H,25,26). The Balaban J connectivity index is 1.27. The summed E-state index contributed by atoms with van der Waals surface area (Å²) in [7, 11) is 0. The van der Waals surface area contributed by atoms with Crippen LogP contribution in [0.4, 0.5) is 5.69 Å². The fraction of sp³-hybridized carbons (Fsp3) is 0.542. The zero-order chi connectivity index (χ0) is 17.3. The second-order valence-electron chi connectivity index (χ2n) is 9.75. The average molecular weight is 345 g/mol. The highest BCUT2D eigenvalue weighted by molar-refractivity contribution is 6.05. The number of carbonyl (C=O) groups excluding carboxylic acids is 1. The van der Waals surface area contributed by atoms with E-state index < -0.39 is 0 Å². The number of hydrogen-bond donors (Lipinski definition) is 1. The topological polar surface area (TPSA) is 29.1 Å². The lowest BCUT2D eigenvalue weighted by atomic mass is 9.49. The van der Waals surface area contributed by atoms with Gasteiger partial charge in [0.05, 0.1) is 0 Å². The van der Waals surface area contributed by atoms with E-state index in [1.165, 1.54) is 60.4 Å². The van der Waals surface area contributed by atoms with Crippen molar-refractivity contribution in [3.05, 3.63) is 41.5 Å². The summed E-state index contributed by atoms with van der Waals surface area (Å²) in [5, 5.41) is 5.92. The number of carbonyl (C=O) groups is 1. The summed E-state index contributed by atoms with van der Waals surface area (Å²) in [6, 6.07) is 10.9. The number of benzene rings is 2. The molecule has 4 saturated carbocycles. The van der Waals surface area contributed by atoms with Crippen molar-refractivity contribution < 1.29 is 4.79 Å². The molecule has 4 bridgehead atoms. The number of nitrogens with one attached hydrogen (secondary N) is 1. The highest BCUT2D eigenvalue weighted by Gasteiger charge is 2.51. The molecule has 134 valence electrons. The van der Waals surface area contributed by atoms with Crippen molar-refractivity contribution in [2.24, 2.45) is 23.2 Å². The molecule has 0 aliphatic heterocycles. The van der Waals surface area contributed by atoms with Gasteiger partial charge in [-0.2, -0.15) is 0 Å². The monoisotopic (exact) mass is 345 g/mol. The van der Waals surface area contributed by atoms with Crippen molar-refractivity contribution in [3.63, 3.8) is 0 Å². The zero-order valence-corrected chi connectivity index (χ0v) is 15.4. The van der Waals surface area contributed by atoms with Crippen molar-refractivity contribution in [1.82, 2.24) is 0 Å². The Labute approximate surface area is 155 Å². The van der Waals surface area contributed by atoms with Crippen LogP contribution >= 0.6 is 0 Å². The van der Waals surface area contributed by atoms with Gasteiger partial charge < -0.3 is 5.32 Å². The molecule has 5 aliphatic rings. The molecule has 2 aromatic rings. The number of amides is 1. The molecular weight excluding hydrogens is 318 g/mol. The molecular formula is C24H27NO. The second-order valence-corrected chi connectivity index (χ2v) is 9.75. The van der Waals surface area contributed by atoms with Crippen LogP contribution in [0.15, 0.2) is 30.3 Å². The summed E-state index contributed by atoms with van der Waals surface area (Å²) in [5.41, 5.74) is 4.21. The average Bonchev–Trinajstić information content (AvgIpc) is 3.00. The molecule has 2 nitrogen and oxygen atoms in total. The molecule has 5 aliphatic carbocycles. The predicted octanol–water partition coefficient (Wildman–Crippen LogP) is 5.48. The van der Waals surface area contributed by atoms with E-state index in [4.69, 9.17) is 0 Å². The third kappa shape index (κ3) is 2.27. The van der Waals surface area contributed by atoms with E-state index in [2.05, 4.69) is 35.6 Å². The van der Waals surface area contributed by atoms with Crippen LogP contribution in [0.1, 0.15) is 56.1 Å². The van der Waals surface area contributed by atoms with Crippen LogP contribution in [0.25, 0.3) is 10.8 Å². The minimum atomic E-state index is 0.241. The van der Waals surface area contributed by atoms with Gasteiger partial charge in [0, 0.05) is 17.5 Å². The van der Waals surface area contributed by atoms with Crippen LogP contribution in [0.5, 0.6) is 0 Å². The van der Waals surface area contributed by atoms with Crippen LogP contribution in [-0.2, 0) is 17.6 Å². The van der Waals surface area contributed by atoms with Gasteiger partial charge in [-0.25, -0.2) is 0 Å².